The second kappa shape index (κ2) is 10.4. The first kappa shape index (κ1) is 15.8. The van der Waals surface area contributed by atoms with E-state index in [4.69, 9.17) is 5.73 Å². The molecule has 0 saturated heterocycles. The van der Waals surface area contributed by atoms with Crippen molar-refractivity contribution in [2.75, 3.05) is 6.54 Å². The van der Waals surface area contributed by atoms with E-state index in [0.717, 1.165) is 0 Å². The normalized spacial score (nSPS) is 5.29. The molecule has 3 nitrogen and oxygen atoms in total. The van der Waals surface area contributed by atoms with Crippen LogP contribution in [0.2, 0.25) is 0 Å². The fourth-order valence-electron chi connectivity index (χ4n) is 0. The van der Waals surface area contributed by atoms with Gasteiger partial charge in [0, 0.05) is 0 Å². The van der Waals surface area contributed by atoms with Crippen LogP contribution < -0.4 is 70.6 Å². The van der Waals surface area contributed by atoms with Crippen molar-refractivity contribution in [2.24, 2.45) is 11.5 Å². The SMILES string of the molecule is NCC(N)=O.[H-].[H-].[Na+].[Na+]. The van der Waals surface area contributed by atoms with Crippen molar-refractivity contribution < 1.29 is 66.8 Å². The molecule has 4 N–H and O–H groups in total. The monoisotopic (exact) mass is 122 g/mol. The van der Waals surface area contributed by atoms with Crippen molar-refractivity contribution in [1.82, 2.24) is 0 Å². The first-order valence-electron chi connectivity index (χ1n) is 1.25. The van der Waals surface area contributed by atoms with E-state index in [1.165, 1.54) is 0 Å². The molecule has 0 aromatic carbocycles. The van der Waals surface area contributed by atoms with E-state index in [9.17, 15) is 4.79 Å². The molecular weight excluding hydrogens is 114 g/mol. The van der Waals surface area contributed by atoms with Crippen LogP contribution in [0.5, 0.6) is 0 Å². The van der Waals surface area contributed by atoms with Gasteiger partial charge in [0.15, 0.2) is 0 Å². The molecular formula is C2H8N2Na2O. The van der Waals surface area contributed by atoms with Gasteiger partial charge < -0.3 is 14.3 Å². The number of hydrogen-bond acceptors (Lipinski definition) is 2. The van der Waals surface area contributed by atoms with Crippen LogP contribution in [0.3, 0.4) is 0 Å². The Kier molecular flexibility index (Phi) is 23.5. The molecule has 0 aromatic heterocycles. The summed E-state index contributed by atoms with van der Waals surface area (Å²) in [4.78, 5) is 9.47. The Hall–Kier alpha value is 1.43. The molecule has 0 aliphatic rings. The van der Waals surface area contributed by atoms with Crippen LogP contribution in [0.4, 0.5) is 0 Å². The Bertz CT molecular complexity index is 55.8. The van der Waals surface area contributed by atoms with Crippen molar-refractivity contribution >= 4 is 5.91 Å². The quantitative estimate of drug-likeness (QED) is 0.339. The van der Waals surface area contributed by atoms with Gasteiger partial charge in [-0.3, -0.25) is 4.79 Å². The molecule has 0 aliphatic carbocycles. The Labute approximate surface area is 89.7 Å². The van der Waals surface area contributed by atoms with Crippen LogP contribution in [-0.4, -0.2) is 12.5 Å². The fourth-order valence-corrected chi connectivity index (χ4v) is 0. The first-order valence-corrected chi connectivity index (χ1v) is 1.25. The number of nitrogens with two attached hydrogens (primary N) is 2. The summed E-state index contributed by atoms with van der Waals surface area (Å²) in [6.07, 6.45) is 0. The summed E-state index contributed by atoms with van der Waals surface area (Å²) < 4.78 is 0. The van der Waals surface area contributed by atoms with E-state index < -0.39 is 5.91 Å². The molecule has 34 valence electrons. The zero-order chi connectivity index (χ0) is 4.28. The second-order valence-electron chi connectivity index (χ2n) is 0.670. The molecule has 1 amide bonds. The minimum absolute atomic E-state index is 0. The van der Waals surface area contributed by atoms with Gasteiger partial charge in [-0.1, -0.05) is 0 Å². The van der Waals surface area contributed by atoms with E-state index in [0.29, 0.717) is 0 Å². The molecule has 0 atom stereocenters. The fraction of sp³-hybridized carbons (Fsp3) is 0.500. The van der Waals surface area contributed by atoms with Crippen molar-refractivity contribution in [3.05, 3.63) is 0 Å². The zero-order valence-corrected chi connectivity index (χ0v) is 8.77. The van der Waals surface area contributed by atoms with Crippen LogP contribution in [0, 0.1) is 0 Å². The molecule has 5 heteroatoms. The summed E-state index contributed by atoms with van der Waals surface area (Å²) in [5.74, 6) is -0.468. The third-order valence-electron chi connectivity index (χ3n) is 0.201. The van der Waals surface area contributed by atoms with Crippen LogP contribution in [0.25, 0.3) is 0 Å². The summed E-state index contributed by atoms with van der Waals surface area (Å²) in [6.45, 7) is -0.0556. The van der Waals surface area contributed by atoms with Crippen molar-refractivity contribution in [3.63, 3.8) is 0 Å². The number of primary amides is 1. The second-order valence-corrected chi connectivity index (χ2v) is 0.670. The van der Waals surface area contributed by atoms with Crippen molar-refractivity contribution in [3.8, 4) is 0 Å². The number of amides is 1. The molecule has 0 rings (SSSR count). The minimum Gasteiger partial charge on any atom is -1.00 e. The van der Waals surface area contributed by atoms with E-state index in [2.05, 4.69) is 5.73 Å². The Balaban J connectivity index is -0.0000000133. The zero-order valence-electron chi connectivity index (χ0n) is 6.77. The van der Waals surface area contributed by atoms with Gasteiger partial charge in [0.2, 0.25) is 5.91 Å². The smallest absolute Gasteiger partial charge is 1.00 e. The molecule has 0 unspecified atom stereocenters. The number of hydrogen-bond donors (Lipinski definition) is 2. The van der Waals surface area contributed by atoms with E-state index in [-0.39, 0.29) is 68.5 Å². The van der Waals surface area contributed by atoms with E-state index in [1.54, 1.807) is 0 Å². The molecule has 0 spiro atoms. The molecule has 0 heterocycles. The van der Waals surface area contributed by atoms with Gasteiger partial charge in [-0.15, -0.1) is 0 Å². The Morgan fingerprint density at radius 2 is 1.71 bits per heavy atom. The van der Waals surface area contributed by atoms with Gasteiger partial charge in [-0.05, 0) is 0 Å². The summed E-state index contributed by atoms with van der Waals surface area (Å²) in [5.41, 5.74) is 9.22. The van der Waals surface area contributed by atoms with Gasteiger partial charge in [0.1, 0.15) is 0 Å². The molecule has 0 saturated carbocycles. The van der Waals surface area contributed by atoms with Crippen LogP contribution >= 0.6 is 0 Å². The van der Waals surface area contributed by atoms with Crippen LogP contribution in [-0.2, 0) is 4.79 Å². The van der Waals surface area contributed by atoms with Gasteiger partial charge in [-0.2, -0.15) is 0 Å². The minimum atomic E-state index is -0.468. The van der Waals surface area contributed by atoms with Gasteiger partial charge in [-0.25, -0.2) is 0 Å². The summed E-state index contributed by atoms with van der Waals surface area (Å²) >= 11 is 0. The van der Waals surface area contributed by atoms with Gasteiger partial charge in [0.25, 0.3) is 0 Å². The first-order chi connectivity index (χ1) is 2.27. The van der Waals surface area contributed by atoms with Gasteiger partial charge in [0.05, 0.1) is 6.54 Å². The number of rotatable bonds is 1. The van der Waals surface area contributed by atoms with Crippen LogP contribution in [0.15, 0.2) is 0 Å². The standard InChI is InChI=1S/C2H6N2O.2Na.2H/c3-1-2(4)5;;;;/h1,3H2,(H2,4,5);;;;/q;2*+1;2*-1. The summed E-state index contributed by atoms with van der Waals surface area (Å²) in [5, 5.41) is 0. The molecule has 7 heavy (non-hydrogen) atoms. The van der Waals surface area contributed by atoms with Crippen LogP contribution in [0.1, 0.15) is 2.85 Å². The Morgan fingerprint density at radius 3 is 1.71 bits per heavy atom. The predicted molar refractivity (Wildman–Crippen MR) is 20.5 cm³/mol. The predicted octanol–water partition coefficient (Wildman–Crippen LogP) is -7.34. The maximum atomic E-state index is 9.47. The summed E-state index contributed by atoms with van der Waals surface area (Å²) in [6, 6.07) is 0. The molecule has 0 radical (unpaired) electrons. The average Bonchev–Trinajstić information content (AvgIpc) is 1.38. The molecule has 0 bridgehead atoms. The Morgan fingerprint density at radius 1 is 1.57 bits per heavy atom. The maximum Gasteiger partial charge on any atom is 1.00 e. The topological polar surface area (TPSA) is 69.1 Å². The third kappa shape index (κ3) is 18.6. The maximum absolute atomic E-state index is 9.47. The van der Waals surface area contributed by atoms with E-state index >= 15 is 0 Å². The molecule has 0 aliphatic heterocycles. The van der Waals surface area contributed by atoms with Crippen molar-refractivity contribution in [1.29, 1.82) is 0 Å². The average molecular weight is 122 g/mol. The third-order valence-corrected chi connectivity index (χ3v) is 0.201. The molecule has 0 fully saturated rings. The van der Waals surface area contributed by atoms with E-state index in [1.807, 2.05) is 0 Å². The number of carbonyl (C=O) groups is 1. The summed E-state index contributed by atoms with van der Waals surface area (Å²) in [7, 11) is 0. The van der Waals surface area contributed by atoms with Gasteiger partial charge >= 0.3 is 59.1 Å². The largest absolute Gasteiger partial charge is 1.00 e. The number of carbonyl (C=O) groups excluding carboxylic acids is 1. The van der Waals surface area contributed by atoms with Crippen molar-refractivity contribution in [2.45, 2.75) is 0 Å². The molecule has 0 aromatic rings.